The van der Waals surface area contributed by atoms with Gasteiger partial charge in [0.25, 0.3) is 0 Å². The first-order valence-electron chi connectivity index (χ1n) is 8.55. The van der Waals surface area contributed by atoms with E-state index in [0.29, 0.717) is 5.92 Å². The summed E-state index contributed by atoms with van der Waals surface area (Å²) >= 11 is 0. The van der Waals surface area contributed by atoms with Crippen molar-refractivity contribution >= 4 is 11.6 Å². The highest BCUT2D eigenvalue weighted by atomic mass is 15.1. The molecule has 21 heavy (non-hydrogen) atoms. The smallest absolute Gasteiger partial charge is 0.136 e. The van der Waals surface area contributed by atoms with Crippen LogP contribution in [0.1, 0.15) is 63.3 Å². The fourth-order valence-corrected chi connectivity index (χ4v) is 3.32. The molecule has 0 bridgehead atoms. The Kier molecular flexibility index (Phi) is 4.32. The molecule has 4 heteroatoms. The van der Waals surface area contributed by atoms with Gasteiger partial charge in [0, 0.05) is 24.6 Å². The molecule has 116 valence electrons. The molecule has 0 saturated heterocycles. The second-order valence-electron chi connectivity index (χ2n) is 6.76. The maximum absolute atomic E-state index is 4.80. The van der Waals surface area contributed by atoms with Crippen molar-refractivity contribution in [3.63, 3.8) is 0 Å². The quantitative estimate of drug-likeness (QED) is 0.832. The Morgan fingerprint density at radius 2 is 1.76 bits per heavy atom. The Morgan fingerprint density at radius 1 is 1.05 bits per heavy atom. The Balaban J connectivity index is 1.75. The van der Waals surface area contributed by atoms with Crippen LogP contribution >= 0.6 is 0 Å². The van der Waals surface area contributed by atoms with E-state index in [1.807, 2.05) is 0 Å². The zero-order valence-electron chi connectivity index (χ0n) is 13.6. The second-order valence-corrected chi connectivity index (χ2v) is 6.76. The van der Waals surface area contributed by atoms with Gasteiger partial charge in [0.05, 0.1) is 0 Å². The third-order valence-corrected chi connectivity index (χ3v) is 5.02. The Bertz CT molecular complexity index is 496. The van der Waals surface area contributed by atoms with E-state index in [2.05, 4.69) is 31.4 Å². The van der Waals surface area contributed by atoms with E-state index < -0.39 is 0 Å². The highest BCUT2D eigenvalue weighted by Crippen LogP contribution is 2.39. The summed E-state index contributed by atoms with van der Waals surface area (Å²) in [6.07, 6.45) is 6.60. The fourth-order valence-electron chi connectivity index (χ4n) is 3.32. The van der Waals surface area contributed by atoms with Crippen molar-refractivity contribution in [2.75, 3.05) is 23.7 Å². The van der Waals surface area contributed by atoms with Crippen molar-refractivity contribution in [1.29, 1.82) is 0 Å². The van der Waals surface area contributed by atoms with E-state index in [9.17, 15) is 0 Å². The van der Waals surface area contributed by atoms with E-state index in [1.54, 1.807) is 0 Å². The number of hydrogen-bond acceptors (Lipinski definition) is 4. The zero-order valence-corrected chi connectivity index (χ0v) is 13.6. The predicted octanol–water partition coefficient (Wildman–Crippen LogP) is 3.94. The lowest BCUT2D eigenvalue weighted by atomic mass is 9.98. The standard InChI is InChI=1S/C17H28N4/c1-4-18-15-12(3)16(21-17(20-15)13-8-9-13)19-10-14-7-5-6-11(14)2/h11,13-14H,4-10H2,1-3H3,(H2,18,19,20,21). The van der Waals surface area contributed by atoms with Gasteiger partial charge in [-0.05, 0) is 44.9 Å². The summed E-state index contributed by atoms with van der Waals surface area (Å²) in [7, 11) is 0. The average Bonchev–Trinajstić information content (AvgIpc) is 3.24. The van der Waals surface area contributed by atoms with Crippen LogP contribution < -0.4 is 10.6 Å². The molecule has 0 spiro atoms. The van der Waals surface area contributed by atoms with Gasteiger partial charge in [-0.2, -0.15) is 0 Å². The van der Waals surface area contributed by atoms with Gasteiger partial charge in [-0.1, -0.05) is 19.8 Å². The van der Waals surface area contributed by atoms with Crippen LogP contribution in [0.3, 0.4) is 0 Å². The molecule has 2 N–H and O–H groups in total. The Labute approximate surface area is 128 Å². The number of rotatable bonds is 6. The summed E-state index contributed by atoms with van der Waals surface area (Å²) in [4.78, 5) is 9.52. The van der Waals surface area contributed by atoms with Crippen molar-refractivity contribution in [1.82, 2.24) is 9.97 Å². The van der Waals surface area contributed by atoms with Gasteiger partial charge in [-0.25, -0.2) is 9.97 Å². The van der Waals surface area contributed by atoms with Crippen molar-refractivity contribution in [3.8, 4) is 0 Å². The van der Waals surface area contributed by atoms with Crippen LogP contribution in [0, 0.1) is 18.8 Å². The molecule has 0 aromatic carbocycles. The first kappa shape index (κ1) is 14.6. The topological polar surface area (TPSA) is 49.8 Å². The van der Waals surface area contributed by atoms with E-state index in [4.69, 9.17) is 9.97 Å². The maximum atomic E-state index is 4.80. The first-order valence-corrected chi connectivity index (χ1v) is 8.55. The van der Waals surface area contributed by atoms with Crippen LogP contribution in [0.15, 0.2) is 0 Å². The maximum Gasteiger partial charge on any atom is 0.136 e. The van der Waals surface area contributed by atoms with Crippen molar-refractivity contribution < 1.29 is 0 Å². The number of hydrogen-bond donors (Lipinski definition) is 2. The Hall–Kier alpha value is -1.32. The summed E-state index contributed by atoms with van der Waals surface area (Å²) in [6.45, 7) is 8.57. The van der Waals surface area contributed by atoms with Crippen LogP contribution in [0.5, 0.6) is 0 Å². The van der Waals surface area contributed by atoms with Crippen molar-refractivity contribution in [2.45, 2.75) is 58.8 Å². The van der Waals surface area contributed by atoms with Gasteiger partial charge in [-0.3, -0.25) is 0 Å². The van der Waals surface area contributed by atoms with Crippen LogP contribution in [-0.4, -0.2) is 23.1 Å². The minimum Gasteiger partial charge on any atom is -0.370 e. The fraction of sp³-hybridized carbons (Fsp3) is 0.765. The second kappa shape index (κ2) is 6.20. The zero-order chi connectivity index (χ0) is 14.8. The molecular formula is C17H28N4. The molecule has 2 aliphatic carbocycles. The van der Waals surface area contributed by atoms with Gasteiger partial charge in [-0.15, -0.1) is 0 Å². The predicted molar refractivity (Wildman–Crippen MR) is 87.9 cm³/mol. The van der Waals surface area contributed by atoms with E-state index in [-0.39, 0.29) is 0 Å². The first-order chi connectivity index (χ1) is 10.2. The molecule has 0 aliphatic heterocycles. The largest absolute Gasteiger partial charge is 0.370 e. The molecule has 1 aromatic heterocycles. The van der Waals surface area contributed by atoms with Crippen molar-refractivity contribution in [2.24, 2.45) is 11.8 Å². The van der Waals surface area contributed by atoms with Crippen LogP contribution in [-0.2, 0) is 0 Å². The summed E-state index contributed by atoms with van der Waals surface area (Å²) < 4.78 is 0. The van der Waals surface area contributed by atoms with Crippen LogP contribution in [0.4, 0.5) is 11.6 Å². The van der Waals surface area contributed by atoms with Gasteiger partial charge in [0.15, 0.2) is 0 Å². The van der Waals surface area contributed by atoms with Crippen LogP contribution in [0.25, 0.3) is 0 Å². The Morgan fingerprint density at radius 3 is 2.33 bits per heavy atom. The third-order valence-electron chi connectivity index (χ3n) is 5.02. The van der Waals surface area contributed by atoms with Crippen molar-refractivity contribution in [3.05, 3.63) is 11.4 Å². The average molecular weight is 288 g/mol. The molecule has 2 aliphatic rings. The molecular weight excluding hydrogens is 260 g/mol. The lowest BCUT2D eigenvalue weighted by Crippen LogP contribution is -2.19. The number of nitrogens with one attached hydrogen (secondary N) is 2. The molecule has 1 aromatic rings. The van der Waals surface area contributed by atoms with Crippen LogP contribution in [0.2, 0.25) is 0 Å². The molecule has 2 atom stereocenters. The molecule has 1 heterocycles. The SMILES string of the molecule is CCNc1nc(C2CC2)nc(NCC2CCCC2C)c1C. The van der Waals surface area contributed by atoms with Gasteiger partial charge >= 0.3 is 0 Å². The summed E-state index contributed by atoms with van der Waals surface area (Å²) in [6, 6.07) is 0. The van der Waals surface area contributed by atoms with E-state index in [0.717, 1.165) is 47.9 Å². The minimum absolute atomic E-state index is 0.592. The van der Waals surface area contributed by atoms with Gasteiger partial charge in [0.2, 0.25) is 0 Å². The molecule has 2 fully saturated rings. The van der Waals surface area contributed by atoms with E-state index >= 15 is 0 Å². The summed E-state index contributed by atoms with van der Waals surface area (Å²) in [5.41, 5.74) is 1.16. The molecule has 2 unspecified atom stereocenters. The van der Waals surface area contributed by atoms with E-state index in [1.165, 1.54) is 32.1 Å². The van der Waals surface area contributed by atoms with Gasteiger partial charge < -0.3 is 10.6 Å². The molecule has 4 nitrogen and oxygen atoms in total. The lowest BCUT2D eigenvalue weighted by molar-refractivity contribution is 0.439. The number of nitrogens with zero attached hydrogens (tertiary/aromatic N) is 2. The van der Waals surface area contributed by atoms with Gasteiger partial charge in [0.1, 0.15) is 17.5 Å². The third kappa shape index (κ3) is 3.30. The molecule has 0 radical (unpaired) electrons. The lowest BCUT2D eigenvalue weighted by Gasteiger charge is -2.19. The minimum atomic E-state index is 0.592. The monoisotopic (exact) mass is 288 g/mol. The normalized spacial score (nSPS) is 25.1. The highest BCUT2D eigenvalue weighted by Gasteiger charge is 2.28. The number of aromatic nitrogens is 2. The summed E-state index contributed by atoms with van der Waals surface area (Å²) in [5.74, 6) is 5.31. The molecule has 2 saturated carbocycles. The molecule has 3 rings (SSSR count). The highest BCUT2D eigenvalue weighted by molar-refractivity contribution is 5.57. The summed E-state index contributed by atoms with van der Waals surface area (Å²) in [5, 5.41) is 7.00. The molecule has 0 amide bonds. The number of anilines is 2.